The van der Waals surface area contributed by atoms with Crippen LogP contribution in [0.4, 0.5) is 0 Å². The highest BCUT2D eigenvalue weighted by Gasteiger charge is 2.34. The second kappa shape index (κ2) is 3.77. The number of rotatable bonds is 3. The van der Waals surface area contributed by atoms with Gasteiger partial charge in [-0.2, -0.15) is 0 Å². The third kappa shape index (κ3) is 1.50. The van der Waals surface area contributed by atoms with Gasteiger partial charge in [0.05, 0.1) is 24.5 Å². The number of nitrogens with zero attached hydrogens (tertiary/aromatic N) is 1. The molecule has 1 heterocycles. The van der Waals surface area contributed by atoms with Crippen molar-refractivity contribution in [1.82, 2.24) is 4.90 Å². The molecule has 76 valence electrons. The molecule has 2 amide bonds. The lowest BCUT2D eigenvalue weighted by atomic mass is 10.1. The van der Waals surface area contributed by atoms with Crippen molar-refractivity contribution in [3.05, 3.63) is 42.3 Å². The zero-order chi connectivity index (χ0) is 10.8. The first kappa shape index (κ1) is 9.77. The van der Waals surface area contributed by atoms with E-state index in [4.69, 9.17) is 0 Å². The van der Waals surface area contributed by atoms with E-state index in [9.17, 15) is 9.59 Å². The molecule has 1 aliphatic heterocycles. The Hall–Kier alpha value is -1.77. The van der Waals surface area contributed by atoms with Crippen LogP contribution < -0.4 is 0 Å². The number of carbonyl (C=O) groups excluding carboxylic acids is 2. The van der Waals surface area contributed by atoms with Crippen LogP contribution in [0.5, 0.6) is 0 Å². The van der Waals surface area contributed by atoms with Crippen molar-refractivity contribution in [2.75, 3.05) is 6.54 Å². The number of unbranched alkanes of at least 4 members (excludes halogenated alkanes) is 1. The molecule has 0 spiro atoms. The molecule has 0 aromatic heterocycles. The van der Waals surface area contributed by atoms with Crippen LogP contribution in [0.15, 0.2) is 24.3 Å². The predicted octanol–water partition coefficient (Wildman–Crippen LogP) is 1.90. The van der Waals surface area contributed by atoms with Crippen molar-refractivity contribution in [2.24, 2.45) is 0 Å². The largest absolute Gasteiger partial charge is 0.274 e. The van der Waals surface area contributed by atoms with E-state index < -0.39 is 0 Å². The molecular weight excluding hydrogens is 190 g/mol. The van der Waals surface area contributed by atoms with Crippen molar-refractivity contribution < 1.29 is 9.59 Å². The van der Waals surface area contributed by atoms with E-state index in [1.807, 2.05) is 0 Å². The molecule has 0 bridgehead atoms. The average Bonchev–Trinajstić information content (AvgIpc) is 2.51. The normalized spacial score (nSPS) is 14.5. The van der Waals surface area contributed by atoms with E-state index in [1.165, 1.54) is 4.90 Å². The Balaban J connectivity index is 2.29. The van der Waals surface area contributed by atoms with E-state index in [2.05, 4.69) is 6.92 Å². The van der Waals surface area contributed by atoms with Gasteiger partial charge < -0.3 is 0 Å². The molecule has 2 rings (SSSR count). The molecule has 3 nitrogen and oxygen atoms in total. The molecule has 0 atom stereocenters. The number of hydrogen-bond acceptors (Lipinski definition) is 2. The molecular formula is C12H12NO2+. The van der Waals surface area contributed by atoms with Crippen molar-refractivity contribution in [2.45, 2.75) is 12.8 Å². The molecule has 1 aliphatic rings. The number of hydrogen-bond donors (Lipinski definition) is 0. The van der Waals surface area contributed by atoms with Crippen molar-refractivity contribution in [1.29, 1.82) is 0 Å². The lowest BCUT2D eigenvalue weighted by Gasteiger charge is -2.11. The SMILES string of the molecule is [CH2+]CCCN1C(=O)c2ccccc2C1=O. The summed E-state index contributed by atoms with van der Waals surface area (Å²) < 4.78 is 0. The predicted molar refractivity (Wildman–Crippen MR) is 56.4 cm³/mol. The maximum atomic E-state index is 11.8. The molecule has 3 heteroatoms. The second-order valence-electron chi connectivity index (χ2n) is 3.51. The topological polar surface area (TPSA) is 37.4 Å². The van der Waals surface area contributed by atoms with Crippen LogP contribution in [0.25, 0.3) is 0 Å². The highest BCUT2D eigenvalue weighted by Crippen LogP contribution is 2.22. The van der Waals surface area contributed by atoms with Gasteiger partial charge in [0, 0.05) is 13.0 Å². The summed E-state index contributed by atoms with van der Waals surface area (Å²) in [4.78, 5) is 24.9. The van der Waals surface area contributed by atoms with Crippen molar-refractivity contribution in [3.8, 4) is 0 Å². The quantitative estimate of drug-likeness (QED) is 0.554. The highest BCUT2D eigenvalue weighted by molar-refractivity contribution is 6.21. The van der Waals surface area contributed by atoms with Gasteiger partial charge in [0.15, 0.2) is 0 Å². The van der Waals surface area contributed by atoms with E-state index in [-0.39, 0.29) is 11.8 Å². The molecule has 0 aliphatic carbocycles. The van der Waals surface area contributed by atoms with Crippen LogP contribution >= 0.6 is 0 Å². The van der Waals surface area contributed by atoms with Gasteiger partial charge in [-0.05, 0) is 12.1 Å². The van der Waals surface area contributed by atoms with Gasteiger partial charge in [-0.3, -0.25) is 14.5 Å². The number of benzene rings is 1. The van der Waals surface area contributed by atoms with Crippen LogP contribution in [-0.2, 0) is 0 Å². The van der Waals surface area contributed by atoms with Crippen LogP contribution in [-0.4, -0.2) is 23.3 Å². The minimum Gasteiger partial charge on any atom is -0.274 e. The summed E-state index contributed by atoms with van der Waals surface area (Å²) in [6.45, 7) is 4.16. The molecule has 0 saturated heterocycles. The zero-order valence-corrected chi connectivity index (χ0v) is 8.40. The standard InChI is InChI=1S/C12H12NO2/c1-2-3-8-13-11(14)9-6-4-5-7-10(9)12(13)15/h4-7H,1-3,8H2/q+1. The molecule has 0 saturated carbocycles. The van der Waals surface area contributed by atoms with E-state index in [1.54, 1.807) is 24.3 Å². The van der Waals surface area contributed by atoms with Gasteiger partial charge >= 0.3 is 0 Å². The lowest BCUT2D eigenvalue weighted by molar-refractivity contribution is 0.0653. The van der Waals surface area contributed by atoms with E-state index in [0.29, 0.717) is 17.7 Å². The second-order valence-corrected chi connectivity index (χ2v) is 3.51. The molecule has 0 N–H and O–H groups in total. The minimum atomic E-state index is -0.177. The summed E-state index contributed by atoms with van der Waals surface area (Å²) in [7, 11) is 0. The smallest absolute Gasteiger partial charge is 0.261 e. The van der Waals surface area contributed by atoms with Gasteiger partial charge in [0.1, 0.15) is 0 Å². The minimum absolute atomic E-state index is 0.177. The Labute approximate surface area is 88.7 Å². The number of imide groups is 1. The van der Waals surface area contributed by atoms with Crippen LogP contribution in [0.3, 0.4) is 0 Å². The molecule has 0 unspecified atom stereocenters. The third-order valence-corrected chi connectivity index (χ3v) is 2.51. The van der Waals surface area contributed by atoms with E-state index in [0.717, 1.165) is 12.8 Å². The zero-order valence-electron chi connectivity index (χ0n) is 8.40. The van der Waals surface area contributed by atoms with Crippen LogP contribution in [0.2, 0.25) is 0 Å². The Kier molecular flexibility index (Phi) is 2.46. The fourth-order valence-corrected chi connectivity index (χ4v) is 1.71. The fourth-order valence-electron chi connectivity index (χ4n) is 1.71. The van der Waals surface area contributed by atoms with Gasteiger partial charge in [0.2, 0.25) is 0 Å². The van der Waals surface area contributed by atoms with Gasteiger partial charge in [-0.15, -0.1) is 0 Å². The molecule has 0 fully saturated rings. The first-order valence-corrected chi connectivity index (χ1v) is 5.00. The maximum Gasteiger partial charge on any atom is 0.261 e. The van der Waals surface area contributed by atoms with Crippen LogP contribution in [0.1, 0.15) is 33.6 Å². The van der Waals surface area contributed by atoms with Gasteiger partial charge in [-0.1, -0.05) is 12.1 Å². The maximum absolute atomic E-state index is 11.8. The Bertz CT molecular complexity index is 377. The van der Waals surface area contributed by atoms with Gasteiger partial charge in [-0.25, -0.2) is 0 Å². The number of carbonyl (C=O) groups is 2. The average molecular weight is 202 g/mol. The number of fused-ring (bicyclic) bond motifs is 1. The first-order chi connectivity index (χ1) is 7.25. The van der Waals surface area contributed by atoms with Crippen molar-refractivity contribution >= 4 is 11.8 Å². The summed E-state index contributed by atoms with van der Waals surface area (Å²) in [6.07, 6.45) is 1.48. The third-order valence-electron chi connectivity index (χ3n) is 2.51. The summed E-state index contributed by atoms with van der Waals surface area (Å²) >= 11 is 0. The molecule has 0 radical (unpaired) electrons. The molecule has 1 aromatic carbocycles. The van der Waals surface area contributed by atoms with Crippen LogP contribution in [0, 0.1) is 6.92 Å². The van der Waals surface area contributed by atoms with Gasteiger partial charge in [0.25, 0.3) is 11.8 Å². The van der Waals surface area contributed by atoms with E-state index >= 15 is 0 Å². The Morgan fingerprint density at radius 3 is 2.07 bits per heavy atom. The summed E-state index contributed by atoms with van der Waals surface area (Å²) in [6, 6.07) is 6.93. The Morgan fingerprint density at radius 1 is 1.07 bits per heavy atom. The van der Waals surface area contributed by atoms with Crippen molar-refractivity contribution in [3.63, 3.8) is 0 Å². The molecule has 1 aromatic rings. The highest BCUT2D eigenvalue weighted by atomic mass is 16.2. The number of amides is 2. The molecule has 15 heavy (non-hydrogen) atoms. The fraction of sp³-hybridized carbons (Fsp3) is 0.250. The summed E-state index contributed by atoms with van der Waals surface area (Å²) in [5.41, 5.74) is 1.04. The monoisotopic (exact) mass is 202 g/mol. The summed E-state index contributed by atoms with van der Waals surface area (Å²) in [5, 5.41) is 0. The lowest BCUT2D eigenvalue weighted by Crippen LogP contribution is -2.30. The Morgan fingerprint density at radius 2 is 1.60 bits per heavy atom. The first-order valence-electron chi connectivity index (χ1n) is 5.00. The summed E-state index contributed by atoms with van der Waals surface area (Å²) in [5.74, 6) is -0.354.